The molecule has 2 rings (SSSR count). The fourth-order valence-corrected chi connectivity index (χ4v) is 2.67. The van der Waals surface area contributed by atoms with E-state index in [1.54, 1.807) is 0 Å². The van der Waals surface area contributed by atoms with Crippen LogP contribution in [0.2, 0.25) is 0 Å². The second-order valence-corrected chi connectivity index (χ2v) is 6.14. The molecule has 0 aliphatic carbocycles. The molecule has 20 heavy (non-hydrogen) atoms. The lowest BCUT2D eigenvalue weighted by atomic mass is 10.2. The number of nitrogens with one attached hydrogen (secondary N) is 1. The molecule has 1 aromatic carbocycles. The van der Waals surface area contributed by atoms with Crippen molar-refractivity contribution in [2.75, 3.05) is 18.5 Å². The van der Waals surface area contributed by atoms with Crippen molar-refractivity contribution >= 4 is 45.0 Å². The van der Waals surface area contributed by atoms with Crippen LogP contribution in [0.3, 0.4) is 0 Å². The molecular weight excluding hydrogens is 387 g/mol. The Morgan fingerprint density at radius 2 is 2.15 bits per heavy atom. The lowest BCUT2D eigenvalue weighted by molar-refractivity contribution is -0.117. The maximum Gasteiger partial charge on any atom is 0.228 e. The fourth-order valence-electron chi connectivity index (χ4n) is 1.58. The topological polar surface area (TPSA) is 51.2 Å². The largest absolute Gasteiger partial charge is 0.381 e. The highest BCUT2D eigenvalue weighted by Crippen LogP contribution is 2.25. The molecule has 0 spiro atoms. The van der Waals surface area contributed by atoms with E-state index in [-0.39, 0.29) is 5.91 Å². The van der Waals surface area contributed by atoms with Crippen LogP contribution in [0.25, 0.3) is 11.3 Å². The number of hydrogen-bond donors (Lipinski definition) is 1. The summed E-state index contributed by atoms with van der Waals surface area (Å²) >= 11 is 3.70. The third-order valence-electron chi connectivity index (χ3n) is 2.57. The van der Waals surface area contributed by atoms with Gasteiger partial charge in [0, 0.05) is 21.1 Å². The van der Waals surface area contributed by atoms with Crippen LogP contribution in [0.4, 0.5) is 5.13 Å². The molecule has 2 aromatic rings. The van der Waals surface area contributed by atoms with E-state index in [0.717, 1.165) is 11.3 Å². The molecule has 0 saturated heterocycles. The van der Waals surface area contributed by atoms with Gasteiger partial charge in [-0.2, -0.15) is 0 Å². The Labute approximate surface area is 135 Å². The number of halogens is 1. The Morgan fingerprint density at radius 3 is 2.85 bits per heavy atom. The minimum Gasteiger partial charge on any atom is -0.381 e. The molecule has 0 saturated carbocycles. The highest BCUT2D eigenvalue weighted by atomic mass is 127. The van der Waals surface area contributed by atoms with Gasteiger partial charge >= 0.3 is 0 Å². The van der Waals surface area contributed by atoms with Gasteiger partial charge < -0.3 is 10.1 Å². The Bertz CT molecular complexity index is 569. The quantitative estimate of drug-likeness (QED) is 0.591. The molecular formula is C14H15IN2O2S. The normalized spacial score (nSPS) is 10.5. The van der Waals surface area contributed by atoms with Gasteiger partial charge in [0.15, 0.2) is 5.13 Å². The maximum absolute atomic E-state index is 11.7. The van der Waals surface area contributed by atoms with Crippen molar-refractivity contribution in [1.29, 1.82) is 0 Å². The SMILES string of the molecule is CCOCCC(=O)Nc1nc(-c2ccc(I)cc2)cs1. The molecule has 0 bridgehead atoms. The molecule has 0 radical (unpaired) electrons. The molecule has 6 heteroatoms. The van der Waals surface area contributed by atoms with Gasteiger partial charge in [0.25, 0.3) is 0 Å². The predicted molar refractivity (Wildman–Crippen MR) is 90.0 cm³/mol. The third kappa shape index (κ3) is 4.53. The molecule has 0 fully saturated rings. The van der Waals surface area contributed by atoms with E-state index < -0.39 is 0 Å². The number of anilines is 1. The summed E-state index contributed by atoms with van der Waals surface area (Å²) in [6.45, 7) is 2.98. The second kappa shape index (κ2) is 7.70. The first kappa shape index (κ1) is 15.4. The summed E-state index contributed by atoms with van der Waals surface area (Å²) in [6, 6.07) is 8.13. The summed E-state index contributed by atoms with van der Waals surface area (Å²) in [5, 5.41) is 5.36. The van der Waals surface area contributed by atoms with Gasteiger partial charge in [0.2, 0.25) is 5.91 Å². The number of carbonyl (C=O) groups is 1. The monoisotopic (exact) mass is 402 g/mol. The van der Waals surface area contributed by atoms with Crippen molar-refractivity contribution in [3.63, 3.8) is 0 Å². The lowest BCUT2D eigenvalue weighted by Crippen LogP contribution is -2.13. The van der Waals surface area contributed by atoms with Crippen LogP contribution in [-0.4, -0.2) is 24.1 Å². The molecule has 1 heterocycles. The van der Waals surface area contributed by atoms with Crippen molar-refractivity contribution < 1.29 is 9.53 Å². The smallest absolute Gasteiger partial charge is 0.228 e. The van der Waals surface area contributed by atoms with Crippen molar-refractivity contribution in [2.24, 2.45) is 0 Å². The Kier molecular flexibility index (Phi) is 5.93. The average Bonchev–Trinajstić information content (AvgIpc) is 2.88. The Balaban J connectivity index is 1.95. The van der Waals surface area contributed by atoms with Crippen LogP contribution in [-0.2, 0) is 9.53 Å². The van der Waals surface area contributed by atoms with E-state index in [1.807, 2.05) is 36.6 Å². The summed E-state index contributed by atoms with van der Waals surface area (Å²) in [5.41, 5.74) is 1.93. The molecule has 1 amide bonds. The maximum atomic E-state index is 11.7. The zero-order chi connectivity index (χ0) is 14.4. The van der Waals surface area contributed by atoms with Gasteiger partial charge in [-0.1, -0.05) is 12.1 Å². The number of thiazole rings is 1. The molecule has 4 nitrogen and oxygen atoms in total. The average molecular weight is 402 g/mol. The number of ether oxygens (including phenoxy) is 1. The van der Waals surface area contributed by atoms with Gasteiger partial charge in [-0.25, -0.2) is 4.98 Å². The minimum absolute atomic E-state index is 0.0676. The molecule has 0 aliphatic heterocycles. The van der Waals surface area contributed by atoms with E-state index in [0.29, 0.717) is 24.8 Å². The van der Waals surface area contributed by atoms with Crippen LogP contribution in [0, 0.1) is 3.57 Å². The predicted octanol–water partition coefficient (Wildman–Crippen LogP) is 3.78. The van der Waals surface area contributed by atoms with E-state index in [9.17, 15) is 4.79 Å². The summed E-state index contributed by atoms with van der Waals surface area (Å²) in [6.07, 6.45) is 0.353. The van der Waals surface area contributed by atoms with E-state index in [4.69, 9.17) is 4.74 Å². The van der Waals surface area contributed by atoms with Gasteiger partial charge in [-0.15, -0.1) is 11.3 Å². The van der Waals surface area contributed by atoms with Crippen LogP contribution in [0.5, 0.6) is 0 Å². The molecule has 1 N–H and O–H groups in total. The number of nitrogens with zero attached hydrogens (tertiary/aromatic N) is 1. The van der Waals surface area contributed by atoms with Crippen LogP contribution >= 0.6 is 33.9 Å². The summed E-state index contributed by atoms with van der Waals surface area (Å²) in [4.78, 5) is 16.1. The number of amides is 1. The van der Waals surface area contributed by atoms with Crippen LogP contribution in [0.15, 0.2) is 29.6 Å². The van der Waals surface area contributed by atoms with Crippen LogP contribution < -0.4 is 5.32 Å². The third-order valence-corrected chi connectivity index (χ3v) is 4.04. The first-order chi connectivity index (χ1) is 9.69. The molecule has 0 atom stereocenters. The fraction of sp³-hybridized carbons (Fsp3) is 0.286. The van der Waals surface area contributed by atoms with Crippen molar-refractivity contribution in [2.45, 2.75) is 13.3 Å². The standard InChI is InChI=1S/C14H15IN2O2S/c1-2-19-8-7-13(18)17-14-16-12(9-20-14)10-3-5-11(15)6-4-10/h3-6,9H,2,7-8H2,1H3,(H,16,17,18). The van der Waals surface area contributed by atoms with Gasteiger partial charge in [0.1, 0.15) is 0 Å². The van der Waals surface area contributed by atoms with Gasteiger partial charge in [-0.05, 0) is 41.6 Å². The minimum atomic E-state index is -0.0676. The summed E-state index contributed by atoms with van der Waals surface area (Å²) in [7, 11) is 0. The van der Waals surface area contributed by atoms with Gasteiger partial charge in [-0.3, -0.25) is 4.79 Å². The summed E-state index contributed by atoms with van der Waals surface area (Å²) < 4.78 is 6.34. The van der Waals surface area contributed by atoms with Gasteiger partial charge in [0.05, 0.1) is 18.7 Å². The highest BCUT2D eigenvalue weighted by Gasteiger charge is 2.08. The van der Waals surface area contributed by atoms with Crippen LogP contribution in [0.1, 0.15) is 13.3 Å². The molecule has 106 valence electrons. The van der Waals surface area contributed by atoms with Crippen molar-refractivity contribution in [1.82, 2.24) is 4.98 Å². The Morgan fingerprint density at radius 1 is 1.40 bits per heavy atom. The number of carbonyl (C=O) groups excluding carboxylic acids is 1. The van der Waals surface area contributed by atoms with Crippen molar-refractivity contribution in [3.8, 4) is 11.3 Å². The summed E-state index contributed by atoms with van der Waals surface area (Å²) in [5.74, 6) is -0.0676. The number of rotatable bonds is 6. The molecule has 0 aliphatic rings. The number of hydrogen-bond acceptors (Lipinski definition) is 4. The first-order valence-electron chi connectivity index (χ1n) is 6.28. The lowest BCUT2D eigenvalue weighted by Gasteiger charge is -2.01. The number of aromatic nitrogens is 1. The number of benzene rings is 1. The molecule has 0 unspecified atom stereocenters. The highest BCUT2D eigenvalue weighted by molar-refractivity contribution is 14.1. The first-order valence-corrected chi connectivity index (χ1v) is 8.24. The van der Waals surface area contributed by atoms with E-state index >= 15 is 0 Å². The van der Waals surface area contributed by atoms with E-state index in [1.165, 1.54) is 14.9 Å². The second-order valence-electron chi connectivity index (χ2n) is 4.04. The molecule has 1 aromatic heterocycles. The zero-order valence-electron chi connectivity index (χ0n) is 11.1. The zero-order valence-corrected chi connectivity index (χ0v) is 14.0. The van der Waals surface area contributed by atoms with E-state index in [2.05, 4.69) is 32.9 Å². The van der Waals surface area contributed by atoms with Crippen molar-refractivity contribution in [3.05, 3.63) is 33.2 Å². The Hall–Kier alpha value is -0.990.